The van der Waals surface area contributed by atoms with Gasteiger partial charge in [-0.25, -0.2) is 0 Å². The van der Waals surface area contributed by atoms with E-state index in [4.69, 9.17) is 28.4 Å². The number of carbonyl (C=O) groups excluding carboxylic acids is 1. The van der Waals surface area contributed by atoms with Crippen LogP contribution in [-0.4, -0.2) is 110 Å². The fraction of sp³-hybridized carbons (Fsp3) is 0.536. The number of ether oxygens (including phenoxy) is 6. The number of fused-ring (bicyclic) bond motifs is 1. The Morgan fingerprint density at radius 3 is 2.17 bits per heavy atom. The number of methoxy groups -OCH3 is 1. The van der Waals surface area contributed by atoms with Gasteiger partial charge in [0, 0.05) is 12.1 Å². The Bertz CT molecular complexity index is 1300. The van der Waals surface area contributed by atoms with E-state index in [0.29, 0.717) is 5.56 Å². The lowest BCUT2D eigenvalue weighted by molar-refractivity contribution is -0.352. The molecule has 1 unspecified atom stereocenters. The zero-order valence-electron chi connectivity index (χ0n) is 22.9. The van der Waals surface area contributed by atoms with Crippen LogP contribution in [0.2, 0.25) is 0 Å². The number of aliphatic hydroxyl groups excluding tert-OH is 5. The van der Waals surface area contributed by atoms with Crippen molar-refractivity contribution in [2.75, 3.05) is 7.11 Å². The number of Topliss-reactive ketones (excluding diaryl/α,β-unsaturated/α-hetero) is 1. The molecule has 0 spiro atoms. The predicted molar refractivity (Wildman–Crippen MR) is 139 cm³/mol. The van der Waals surface area contributed by atoms with Crippen LogP contribution < -0.4 is 14.2 Å². The minimum Gasteiger partial charge on any atom is -0.508 e. The third-order valence-corrected chi connectivity index (χ3v) is 7.67. The maximum atomic E-state index is 12.8. The number of rotatable bonds is 6. The Morgan fingerprint density at radius 2 is 1.48 bits per heavy atom. The Hall–Kier alpha value is -3.21. The first-order valence-electron chi connectivity index (χ1n) is 13.4. The second kappa shape index (κ2) is 11.8. The molecule has 2 aromatic carbocycles. The van der Waals surface area contributed by atoms with Gasteiger partial charge in [0.1, 0.15) is 59.4 Å². The second-order valence-electron chi connectivity index (χ2n) is 10.6. The summed E-state index contributed by atoms with van der Waals surface area (Å²) < 4.78 is 34.5. The van der Waals surface area contributed by atoms with Crippen molar-refractivity contribution in [3.63, 3.8) is 0 Å². The van der Waals surface area contributed by atoms with Gasteiger partial charge in [0.15, 0.2) is 29.7 Å². The van der Waals surface area contributed by atoms with Crippen molar-refractivity contribution >= 4 is 5.78 Å². The molecule has 5 rings (SSSR count). The molecule has 14 nitrogen and oxygen atoms in total. The molecule has 0 saturated carbocycles. The average molecular weight is 595 g/mol. The third-order valence-electron chi connectivity index (χ3n) is 7.67. The summed E-state index contributed by atoms with van der Waals surface area (Å²) in [7, 11) is 1.39. The molecule has 2 aromatic rings. The van der Waals surface area contributed by atoms with Crippen molar-refractivity contribution < 1.29 is 69.0 Å². The highest BCUT2D eigenvalue weighted by Gasteiger charge is 2.50. The van der Waals surface area contributed by atoms with Crippen molar-refractivity contribution in [3.8, 4) is 28.7 Å². The summed E-state index contributed by atoms with van der Waals surface area (Å²) >= 11 is 0. The molecule has 2 fully saturated rings. The van der Waals surface area contributed by atoms with E-state index in [2.05, 4.69) is 0 Å². The molecular weight excluding hydrogens is 560 g/mol. The van der Waals surface area contributed by atoms with Gasteiger partial charge in [0.2, 0.25) is 6.29 Å². The van der Waals surface area contributed by atoms with Crippen molar-refractivity contribution in [1.82, 2.24) is 0 Å². The highest BCUT2D eigenvalue weighted by Crippen LogP contribution is 2.43. The van der Waals surface area contributed by atoms with E-state index in [-0.39, 0.29) is 35.0 Å². The van der Waals surface area contributed by atoms with Gasteiger partial charge in [-0.3, -0.25) is 4.79 Å². The third kappa shape index (κ3) is 5.59. The first kappa shape index (κ1) is 30.3. The topological polar surface area (TPSA) is 214 Å². The van der Waals surface area contributed by atoms with E-state index in [9.17, 15) is 40.5 Å². The average Bonchev–Trinajstić information content (AvgIpc) is 2.94. The van der Waals surface area contributed by atoms with Gasteiger partial charge in [0.25, 0.3) is 0 Å². The lowest BCUT2D eigenvalue weighted by atomic mass is 9.95. The van der Waals surface area contributed by atoms with Gasteiger partial charge in [0.05, 0.1) is 25.7 Å². The molecule has 230 valence electrons. The van der Waals surface area contributed by atoms with Crippen LogP contribution in [0.5, 0.6) is 28.7 Å². The Kier molecular flexibility index (Phi) is 8.51. The fourth-order valence-electron chi connectivity index (χ4n) is 5.24. The second-order valence-corrected chi connectivity index (χ2v) is 10.6. The number of benzene rings is 2. The van der Waals surface area contributed by atoms with Crippen LogP contribution in [0.4, 0.5) is 0 Å². The summed E-state index contributed by atoms with van der Waals surface area (Å²) in [5.41, 5.74) is 0.428. The van der Waals surface area contributed by atoms with E-state index in [0.717, 1.165) is 6.07 Å². The van der Waals surface area contributed by atoms with E-state index < -0.39 is 79.0 Å². The minimum atomic E-state index is -1.69. The van der Waals surface area contributed by atoms with Gasteiger partial charge in [-0.15, -0.1) is 0 Å². The number of phenolic OH excluding ortho intramolecular Hbond substituents is 2. The molecule has 0 radical (unpaired) electrons. The van der Waals surface area contributed by atoms with Gasteiger partial charge in [-0.05, 0) is 31.5 Å². The largest absolute Gasteiger partial charge is 0.508 e. The molecule has 0 aromatic heterocycles. The van der Waals surface area contributed by atoms with Gasteiger partial charge < -0.3 is 64.2 Å². The molecule has 14 heteroatoms. The molecule has 3 aliphatic rings. The molecule has 3 heterocycles. The van der Waals surface area contributed by atoms with Gasteiger partial charge in [-0.2, -0.15) is 0 Å². The van der Waals surface area contributed by atoms with Crippen LogP contribution in [-0.2, 0) is 14.2 Å². The summed E-state index contributed by atoms with van der Waals surface area (Å²) in [5, 5.41) is 72.0. The Balaban J connectivity index is 1.42. The van der Waals surface area contributed by atoms with E-state index in [1.54, 1.807) is 12.1 Å². The summed E-state index contributed by atoms with van der Waals surface area (Å²) in [5.74, 6) is -0.759. The standard InChI is InChI=1S/C28H34O14/c1-10-21(32)23(34)25(36)27(38-10)42-26-24(35)22(33)11(2)39-28(26)41-18-6-12(4-5-16(18)37-3)17-9-15(31)20-14(30)7-13(29)8-19(20)40-17/h4-8,10-11,17,21-30,32-36H,9H2,1-3H3/t10-,11-,17?,21-,22-,23+,24+,25+,26+,27-,28-/m0/s1. The zero-order chi connectivity index (χ0) is 30.5. The number of phenols is 2. The first-order valence-corrected chi connectivity index (χ1v) is 13.4. The smallest absolute Gasteiger partial charge is 0.229 e. The number of hydrogen-bond donors (Lipinski definition) is 7. The molecular formula is C28H34O14. The van der Waals surface area contributed by atoms with Crippen LogP contribution in [0.1, 0.15) is 42.3 Å². The highest BCUT2D eigenvalue weighted by molar-refractivity contribution is 6.02. The quantitative estimate of drug-likeness (QED) is 0.232. The lowest BCUT2D eigenvalue weighted by Crippen LogP contribution is -2.63. The Morgan fingerprint density at radius 1 is 0.810 bits per heavy atom. The molecule has 0 amide bonds. The van der Waals surface area contributed by atoms with E-state index in [1.807, 2.05) is 0 Å². The summed E-state index contributed by atoms with van der Waals surface area (Å²) in [4.78, 5) is 12.8. The highest BCUT2D eigenvalue weighted by atomic mass is 16.8. The zero-order valence-corrected chi connectivity index (χ0v) is 22.9. The van der Waals surface area contributed by atoms with Crippen LogP contribution in [0.3, 0.4) is 0 Å². The summed E-state index contributed by atoms with van der Waals surface area (Å²) in [6.07, 6.45) is -14.9. The molecule has 3 aliphatic heterocycles. The molecule has 2 saturated heterocycles. The predicted octanol–water partition coefficient (Wildman–Crippen LogP) is -0.129. The maximum Gasteiger partial charge on any atom is 0.229 e. The van der Waals surface area contributed by atoms with Gasteiger partial charge in [-0.1, -0.05) is 6.07 Å². The Labute approximate surface area is 240 Å². The number of carbonyl (C=O) groups is 1. The number of aliphatic hydroxyl groups is 5. The monoisotopic (exact) mass is 594 g/mol. The fourth-order valence-corrected chi connectivity index (χ4v) is 5.24. The lowest BCUT2D eigenvalue weighted by Gasteiger charge is -2.45. The number of aromatic hydroxyl groups is 2. The van der Waals surface area contributed by atoms with Crippen molar-refractivity contribution in [1.29, 1.82) is 0 Å². The molecule has 42 heavy (non-hydrogen) atoms. The van der Waals surface area contributed by atoms with Crippen molar-refractivity contribution in [3.05, 3.63) is 41.5 Å². The molecule has 0 bridgehead atoms. The minimum absolute atomic E-state index is 0.00891. The van der Waals surface area contributed by atoms with Crippen LogP contribution >= 0.6 is 0 Å². The summed E-state index contributed by atoms with van der Waals surface area (Å²) in [6, 6.07) is 6.98. The molecule has 7 N–H and O–H groups in total. The number of hydrogen-bond acceptors (Lipinski definition) is 14. The van der Waals surface area contributed by atoms with E-state index >= 15 is 0 Å². The van der Waals surface area contributed by atoms with Crippen LogP contribution in [0.25, 0.3) is 0 Å². The molecule has 11 atom stereocenters. The van der Waals surface area contributed by atoms with Crippen LogP contribution in [0, 0.1) is 0 Å². The van der Waals surface area contributed by atoms with E-state index in [1.165, 1.54) is 33.1 Å². The van der Waals surface area contributed by atoms with Gasteiger partial charge >= 0.3 is 0 Å². The number of ketones is 1. The SMILES string of the molecule is COc1ccc(C2CC(=O)c3c(O)cc(O)cc3O2)cc1O[C@@H]1O[C@@H](C)[C@H](O)[C@@H](O)[C@H]1O[C@@H]1O[C@@H](C)[C@H](O)[C@@H](O)[C@H]1O. The first-order chi connectivity index (χ1) is 19.9. The summed E-state index contributed by atoms with van der Waals surface area (Å²) in [6.45, 7) is 2.97. The normalized spacial score (nSPS) is 36.6. The van der Waals surface area contributed by atoms with Crippen LogP contribution in [0.15, 0.2) is 30.3 Å². The van der Waals surface area contributed by atoms with Crippen molar-refractivity contribution in [2.45, 2.75) is 87.8 Å². The maximum absolute atomic E-state index is 12.8. The molecule has 0 aliphatic carbocycles. The van der Waals surface area contributed by atoms with Crippen molar-refractivity contribution in [2.24, 2.45) is 0 Å².